The molecular formula is C21H33NO5. The van der Waals surface area contributed by atoms with E-state index in [1.807, 2.05) is 20.8 Å². The number of nitrogens with zero attached hydrogens (tertiary/aromatic N) is 1. The van der Waals surface area contributed by atoms with Crippen LogP contribution in [0.2, 0.25) is 0 Å². The number of aliphatic imine (C=N–C) groups is 1. The van der Waals surface area contributed by atoms with Crippen LogP contribution in [-0.2, 0) is 24.0 Å². The van der Waals surface area contributed by atoms with Crippen LogP contribution in [0, 0.1) is 23.7 Å². The minimum Gasteiger partial charge on any atom is -0.477 e. The Bertz CT molecular complexity index is 638. The lowest BCUT2D eigenvalue weighted by molar-refractivity contribution is -0.575. The van der Waals surface area contributed by atoms with Gasteiger partial charge in [-0.05, 0) is 44.9 Å². The molecule has 6 nitrogen and oxygen atoms in total. The second-order valence-electron chi connectivity index (χ2n) is 9.10. The maximum Gasteiger partial charge on any atom is 0.201 e. The molecule has 0 aromatic carbocycles. The average Bonchev–Trinajstić information content (AvgIpc) is 2.84. The van der Waals surface area contributed by atoms with E-state index in [0.29, 0.717) is 24.3 Å². The van der Waals surface area contributed by atoms with E-state index in [-0.39, 0.29) is 11.8 Å². The van der Waals surface area contributed by atoms with Gasteiger partial charge in [0, 0.05) is 25.2 Å². The van der Waals surface area contributed by atoms with Gasteiger partial charge in [-0.15, -0.1) is 0 Å². The molecule has 4 aliphatic heterocycles. The number of ether oxygens (including phenoxy) is 3. The van der Waals surface area contributed by atoms with Gasteiger partial charge in [-0.25, -0.2) is 14.8 Å². The Morgan fingerprint density at radius 1 is 1.15 bits per heavy atom. The van der Waals surface area contributed by atoms with Crippen molar-refractivity contribution >= 4 is 5.90 Å². The summed E-state index contributed by atoms with van der Waals surface area (Å²) in [6.45, 7) is 14.5. The summed E-state index contributed by atoms with van der Waals surface area (Å²) in [5, 5.41) is 0. The number of hydrogen-bond acceptors (Lipinski definition) is 6. The van der Waals surface area contributed by atoms with Crippen LogP contribution in [0.4, 0.5) is 0 Å². The zero-order chi connectivity index (χ0) is 19.4. The Morgan fingerprint density at radius 3 is 2.67 bits per heavy atom. The van der Waals surface area contributed by atoms with Gasteiger partial charge in [0.1, 0.15) is 6.61 Å². The third kappa shape index (κ3) is 2.87. The fourth-order valence-corrected chi connectivity index (χ4v) is 5.74. The highest BCUT2D eigenvalue weighted by molar-refractivity contribution is 5.73. The highest BCUT2D eigenvalue weighted by atomic mass is 17.3. The summed E-state index contributed by atoms with van der Waals surface area (Å²) in [6.07, 6.45) is 5.30. The monoisotopic (exact) mass is 379 g/mol. The smallest absolute Gasteiger partial charge is 0.201 e. The number of rotatable bonds is 3. The lowest BCUT2D eigenvalue weighted by atomic mass is 9.57. The number of fused-ring (bicyclic) bond motifs is 2. The maximum absolute atomic E-state index is 6.57. The van der Waals surface area contributed by atoms with Gasteiger partial charge < -0.3 is 14.2 Å². The molecule has 8 atom stereocenters. The van der Waals surface area contributed by atoms with Gasteiger partial charge in [0.25, 0.3) is 0 Å². The van der Waals surface area contributed by atoms with Crippen molar-refractivity contribution in [3.8, 4) is 0 Å². The quantitative estimate of drug-likeness (QED) is 0.318. The van der Waals surface area contributed by atoms with Crippen molar-refractivity contribution in [2.75, 3.05) is 6.61 Å². The fourth-order valence-electron chi connectivity index (χ4n) is 5.74. The van der Waals surface area contributed by atoms with Crippen molar-refractivity contribution in [1.82, 2.24) is 0 Å². The van der Waals surface area contributed by atoms with E-state index < -0.39 is 23.4 Å². The summed E-state index contributed by atoms with van der Waals surface area (Å²) < 4.78 is 18.6. The van der Waals surface area contributed by atoms with Crippen molar-refractivity contribution in [3.05, 3.63) is 12.7 Å². The lowest BCUT2D eigenvalue weighted by Gasteiger charge is -2.62. The standard InChI is InChI=1S/C21H33NO5/c1-7-12-23-15(4)22-20(6)14(3)17-9-8-13(2)16-10-11-19(5)24-18(25-20)21(16,17)27-26-19/h7,13-14,16-18H,1,8-12H2,2-6H3/b22-15-/t13-,14-,16?,17+,18+,19+,20+,21-/m1/s1. The van der Waals surface area contributed by atoms with Crippen molar-refractivity contribution in [2.45, 2.75) is 83.7 Å². The Balaban J connectivity index is 1.73. The molecule has 0 aromatic heterocycles. The third-order valence-electron chi connectivity index (χ3n) is 7.36. The molecule has 1 spiro atoms. The molecule has 4 saturated heterocycles. The van der Waals surface area contributed by atoms with Crippen molar-refractivity contribution < 1.29 is 24.0 Å². The highest BCUT2D eigenvalue weighted by Gasteiger charge is 2.71. The summed E-state index contributed by atoms with van der Waals surface area (Å²) in [5.74, 6) is 1.14. The van der Waals surface area contributed by atoms with Gasteiger partial charge >= 0.3 is 0 Å². The molecule has 0 aromatic rings. The molecule has 5 rings (SSSR count). The Labute approximate surface area is 162 Å². The van der Waals surface area contributed by atoms with Gasteiger partial charge in [0.05, 0.1) is 0 Å². The molecule has 1 aliphatic carbocycles. The lowest BCUT2D eigenvalue weighted by Crippen LogP contribution is -2.72. The predicted molar refractivity (Wildman–Crippen MR) is 101 cm³/mol. The first-order valence-corrected chi connectivity index (χ1v) is 10.3. The summed E-state index contributed by atoms with van der Waals surface area (Å²) in [5.41, 5.74) is -1.29. The van der Waals surface area contributed by atoms with Crippen LogP contribution in [0.3, 0.4) is 0 Å². The van der Waals surface area contributed by atoms with Crippen LogP contribution < -0.4 is 0 Å². The average molecular weight is 379 g/mol. The molecule has 27 heavy (non-hydrogen) atoms. The van der Waals surface area contributed by atoms with E-state index in [9.17, 15) is 0 Å². The topological polar surface area (TPSA) is 58.5 Å². The molecule has 2 bridgehead atoms. The molecular weight excluding hydrogens is 346 g/mol. The molecule has 152 valence electrons. The first-order valence-electron chi connectivity index (χ1n) is 10.3. The molecule has 5 aliphatic rings. The van der Waals surface area contributed by atoms with Crippen LogP contribution >= 0.6 is 0 Å². The van der Waals surface area contributed by atoms with Crippen LogP contribution in [0.15, 0.2) is 17.6 Å². The van der Waals surface area contributed by atoms with E-state index in [2.05, 4.69) is 20.4 Å². The van der Waals surface area contributed by atoms with Crippen LogP contribution in [0.25, 0.3) is 0 Å². The zero-order valence-corrected chi connectivity index (χ0v) is 17.2. The number of hydrogen-bond donors (Lipinski definition) is 0. The van der Waals surface area contributed by atoms with Crippen molar-refractivity contribution in [2.24, 2.45) is 28.7 Å². The summed E-state index contributed by atoms with van der Waals surface area (Å²) in [4.78, 5) is 16.9. The molecule has 5 fully saturated rings. The second-order valence-corrected chi connectivity index (χ2v) is 9.10. The molecule has 0 N–H and O–H groups in total. The Morgan fingerprint density at radius 2 is 1.93 bits per heavy atom. The zero-order valence-electron chi connectivity index (χ0n) is 17.2. The molecule has 4 heterocycles. The Kier molecular flexibility index (Phi) is 4.70. The minimum absolute atomic E-state index is 0.140. The molecule has 1 unspecified atom stereocenters. The van der Waals surface area contributed by atoms with Gasteiger partial charge in [-0.2, -0.15) is 0 Å². The van der Waals surface area contributed by atoms with Crippen LogP contribution in [0.1, 0.15) is 60.3 Å². The largest absolute Gasteiger partial charge is 0.477 e. The fraction of sp³-hybridized carbons (Fsp3) is 0.857. The highest BCUT2D eigenvalue weighted by Crippen LogP contribution is 2.62. The van der Waals surface area contributed by atoms with Crippen LogP contribution in [0.5, 0.6) is 0 Å². The summed E-state index contributed by atoms with van der Waals surface area (Å²) in [7, 11) is 0. The van der Waals surface area contributed by atoms with Gasteiger partial charge in [-0.3, -0.25) is 0 Å². The van der Waals surface area contributed by atoms with Crippen molar-refractivity contribution in [1.29, 1.82) is 0 Å². The van der Waals surface area contributed by atoms with E-state index in [4.69, 9.17) is 29.0 Å². The van der Waals surface area contributed by atoms with E-state index in [1.54, 1.807) is 6.08 Å². The predicted octanol–water partition coefficient (Wildman–Crippen LogP) is 4.21. The maximum atomic E-state index is 6.57. The molecule has 0 amide bonds. The Hall–Kier alpha value is -0.950. The first-order chi connectivity index (χ1) is 12.7. The van der Waals surface area contributed by atoms with E-state index in [0.717, 1.165) is 19.3 Å². The van der Waals surface area contributed by atoms with E-state index >= 15 is 0 Å². The van der Waals surface area contributed by atoms with E-state index in [1.165, 1.54) is 6.42 Å². The minimum atomic E-state index is -0.767. The SMILES string of the molecule is C=CCO/C(C)=N\[C@@]1(C)O[C@@H]2O[C@]3(C)CCC4[C@H](C)CC[C@@H]([C@H]1C)[C@]42OO3. The van der Waals surface area contributed by atoms with Crippen molar-refractivity contribution in [3.63, 3.8) is 0 Å². The summed E-state index contributed by atoms with van der Waals surface area (Å²) >= 11 is 0. The summed E-state index contributed by atoms with van der Waals surface area (Å²) in [6, 6.07) is 0. The third-order valence-corrected chi connectivity index (χ3v) is 7.36. The van der Waals surface area contributed by atoms with Crippen LogP contribution in [-0.4, -0.2) is 35.9 Å². The van der Waals surface area contributed by atoms with Gasteiger partial charge in [-0.1, -0.05) is 26.5 Å². The van der Waals surface area contributed by atoms with Gasteiger partial charge in [0.15, 0.2) is 23.5 Å². The second kappa shape index (κ2) is 6.55. The first kappa shape index (κ1) is 19.4. The molecule has 0 radical (unpaired) electrons. The molecule has 1 saturated carbocycles. The van der Waals surface area contributed by atoms with Gasteiger partial charge in [0.2, 0.25) is 5.79 Å². The molecule has 6 heteroatoms. The normalized spacial score (nSPS) is 52.0.